The van der Waals surface area contributed by atoms with E-state index in [1.165, 1.54) is 16.7 Å². The Balaban J connectivity index is 2.07. The topological polar surface area (TPSA) is 48.0 Å². The maximum absolute atomic E-state index is 12.0. The van der Waals surface area contributed by atoms with Gasteiger partial charge in [0.15, 0.2) is 0 Å². The van der Waals surface area contributed by atoms with Gasteiger partial charge in [-0.3, -0.25) is 4.79 Å². The van der Waals surface area contributed by atoms with E-state index in [4.69, 9.17) is 5.73 Å². The molecule has 0 spiro atoms. The molecule has 0 saturated carbocycles. The van der Waals surface area contributed by atoms with E-state index in [9.17, 15) is 4.79 Å². The number of amides is 1. The van der Waals surface area contributed by atoms with Gasteiger partial charge in [-0.1, -0.05) is 30.3 Å². The average Bonchev–Trinajstić information content (AvgIpc) is 2.92. The smallest absolute Gasteiger partial charge is 0.249 e. The van der Waals surface area contributed by atoms with Gasteiger partial charge in [0.25, 0.3) is 0 Å². The fourth-order valence-corrected chi connectivity index (χ4v) is 3.69. The molecule has 1 amide bonds. The average molecular weight is 341 g/mol. The Morgan fingerprint density at radius 2 is 1.85 bits per heavy atom. The Bertz CT molecular complexity index is 1170. The zero-order chi connectivity index (χ0) is 18.4. The van der Waals surface area contributed by atoms with Gasteiger partial charge < -0.3 is 10.3 Å². The first-order valence-electron chi connectivity index (χ1n) is 8.75. The van der Waals surface area contributed by atoms with Crippen LogP contribution in [0.15, 0.2) is 48.5 Å². The van der Waals surface area contributed by atoms with E-state index in [1.807, 2.05) is 12.1 Å². The Kier molecular flexibility index (Phi) is 3.80. The molecule has 0 aliphatic heterocycles. The summed E-state index contributed by atoms with van der Waals surface area (Å²) in [5.74, 6) is -0.407. The molecule has 0 aliphatic carbocycles. The van der Waals surface area contributed by atoms with Crippen molar-refractivity contribution in [2.75, 3.05) is 0 Å². The van der Waals surface area contributed by atoms with Crippen LogP contribution in [0, 0.1) is 26.8 Å². The summed E-state index contributed by atoms with van der Waals surface area (Å²) in [5.41, 5.74) is 13.3. The minimum Gasteiger partial charge on any atom is -0.366 e. The van der Waals surface area contributed by atoms with Gasteiger partial charge in [0.05, 0.1) is 11.0 Å². The molecule has 0 aliphatic rings. The van der Waals surface area contributed by atoms with Gasteiger partial charge in [0, 0.05) is 22.9 Å². The van der Waals surface area contributed by atoms with Crippen LogP contribution in [0.25, 0.3) is 21.8 Å². The number of hydrogen-bond donors (Lipinski definition) is 1. The predicted molar refractivity (Wildman–Crippen MR) is 107 cm³/mol. The van der Waals surface area contributed by atoms with E-state index in [0.717, 1.165) is 33.9 Å². The molecule has 4 rings (SSSR count). The Morgan fingerprint density at radius 3 is 2.62 bits per heavy atom. The standard InChI is InChI=1S/C23H21N2O/c1-14-10-11-18-21(12-14)25(13-17-7-4-6-15(2)16(17)3)20-9-5-8-19(22(18)20)23(24)26/h4-10,12H,13H2,1-3H3,(H2,24,26). The number of nitrogens with two attached hydrogens (primary N) is 1. The fraction of sp³-hybridized carbons (Fsp3) is 0.174. The summed E-state index contributed by atoms with van der Waals surface area (Å²) in [6.45, 7) is 7.09. The fourth-order valence-electron chi connectivity index (χ4n) is 3.69. The lowest BCUT2D eigenvalue weighted by molar-refractivity contribution is 0.100. The highest BCUT2D eigenvalue weighted by atomic mass is 16.1. The van der Waals surface area contributed by atoms with Crippen molar-refractivity contribution in [2.45, 2.75) is 27.3 Å². The highest BCUT2D eigenvalue weighted by Gasteiger charge is 2.17. The highest BCUT2D eigenvalue weighted by molar-refractivity contribution is 6.17. The molecule has 129 valence electrons. The molecule has 3 nitrogen and oxygen atoms in total. The number of rotatable bonds is 3. The molecule has 3 heteroatoms. The minimum atomic E-state index is -0.407. The molecule has 1 aromatic heterocycles. The predicted octanol–water partition coefficient (Wildman–Crippen LogP) is 4.67. The van der Waals surface area contributed by atoms with Crippen LogP contribution in [0.3, 0.4) is 0 Å². The van der Waals surface area contributed by atoms with Crippen LogP contribution in [-0.4, -0.2) is 10.5 Å². The molecular weight excluding hydrogens is 320 g/mol. The van der Waals surface area contributed by atoms with Gasteiger partial charge in [0.1, 0.15) is 0 Å². The summed E-state index contributed by atoms with van der Waals surface area (Å²) in [6, 6.07) is 19.6. The first kappa shape index (κ1) is 16.4. The van der Waals surface area contributed by atoms with Crippen molar-refractivity contribution < 1.29 is 4.79 Å². The monoisotopic (exact) mass is 341 g/mol. The Labute approximate surface area is 153 Å². The van der Waals surface area contributed by atoms with E-state index in [2.05, 4.69) is 61.7 Å². The third kappa shape index (κ3) is 2.48. The molecule has 4 aromatic rings. The van der Waals surface area contributed by atoms with Gasteiger partial charge in [-0.25, -0.2) is 0 Å². The second-order valence-electron chi connectivity index (χ2n) is 6.95. The van der Waals surface area contributed by atoms with Gasteiger partial charge in [-0.2, -0.15) is 0 Å². The summed E-state index contributed by atoms with van der Waals surface area (Å²) < 4.78 is 2.27. The van der Waals surface area contributed by atoms with Crippen molar-refractivity contribution in [3.8, 4) is 0 Å². The molecule has 0 unspecified atom stereocenters. The van der Waals surface area contributed by atoms with E-state index in [1.54, 1.807) is 6.07 Å². The van der Waals surface area contributed by atoms with Gasteiger partial charge in [-0.05, 0) is 67.3 Å². The van der Waals surface area contributed by atoms with Crippen molar-refractivity contribution in [1.82, 2.24) is 4.57 Å². The van der Waals surface area contributed by atoms with E-state index >= 15 is 0 Å². The molecule has 26 heavy (non-hydrogen) atoms. The molecule has 3 aromatic carbocycles. The number of aromatic nitrogens is 1. The number of fused-ring (bicyclic) bond motifs is 3. The van der Waals surface area contributed by atoms with Crippen LogP contribution >= 0.6 is 0 Å². The number of primary amides is 1. The lowest BCUT2D eigenvalue weighted by Gasteiger charge is -2.12. The number of aryl methyl sites for hydroxylation is 2. The molecule has 2 N–H and O–H groups in total. The summed E-state index contributed by atoms with van der Waals surface area (Å²) >= 11 is 0. The molecule has 0 saturated heterocycles. The number of benzene rings is 3. The summed E-state index contributed by atoms with van der Waals surface area (Å²) in [6.07, 6.45) is 0. The second-order valence-corrected chi connectivity index (χ2v) is 6.95. The van der Waals surface area contributed by atoms with E-state index in [-0.39, 0.29) is 0 Å². The zero-order valence-corrected chi connectivity index (χ0v) is 15.3. The zero-order valence-electron chi connectivity index (χ0n) is 15.3. The maximum atomic E-state index is 12.0. The first-order chi connectivity index (χ1) is 12.5. The summed E-state index contributed by atoms with van der Waals surface area (Å²) in [4.78, 5) is 12.0. The van der Waals surface area contributed by atoms with Crippen molar-refractivity contribution in [3.63, 3.8) is 0 Å². The minimum absolute atomic E-state index is 0.407. The third-order valence-electron chi connectivity index (χ3n) is 5.25. The van der Waals surface area contributed by atoms with Gasteiger partial charge in [-0.15, -0.1) is 0 Å². The van der Waals surface area contributed by atoms with Crippen LogP contribution in [0.2, 0.25) is 0 Å². The van der Waals surface area contributed by atoms with E-state index in [0.29, 0.717) is 5.56 Å². The van der Waals surface area contributed by atoms with Crippen molar-refractivity contribution in [2.24, 2.45) is 5.73 Å². The molecule has 1 radical (unpaired) electrons. The van der Waals surface area contributed by atoms with Gasteiger partial charge in [0.2, 0.25) is 5.91 Å². The lowest BCUT2D eigenvalue weighted by Crippen LogP contribution is -2.11. The van der Waals surface area contributed by atoms with E-state index < -0.39 is 5.91 Å². The summed E-state index contributed by atoms with van der Waals surface area (Å²) in [5, 5.41) is 1.84. The Morgan fingerprint density at radius 1 is 1.08 bits per heavy atom. The number of carbonyl (C=O) groups excluding carboxylic acids is 1. The number of nitrogens with zero attached hydrogens (tertiary/aromatic N) is 1. The van der Waals surface area contributed by atoms with Crippen molar-refractivity contribution in [3.05, 3.63) is 82.4 Å². The first-order valence-corrected chi connectivity index (χ1v) is 8.75. The van der Waals surface area contributed by atoms with Crippen molar-refractivity contribution in [1.29, 1.82) is 0 Å². The van der Waals surface area contributed by atoms with Crippen LogP contribution in [0.5, 0.6) is 0 Å². The van der Waals surface area contributed by atoms with Crippen LogP contribution < -0.4 is 5.73 Å². The third-order valence-corrected chi connectivity index (χ3v) is 5.25. The quantitative estimate of drug-likeness (QED) is 0.578. The molecule has 1 heterocycles. The normalized spacial score (nSPS) is 11.3. The molecule has 0 atom stereocenters. The molecule has 0 fully saturated rings. The maximum Gasteiger partial charge on any atom is 0.249 e. The second kappa shape index (κ2) is 6.03. The number of carbonyl (C=O) groups is 1. The largest absolute Gasteiger partial charge is 0.366 e. The van der Waals surface area contributed by atoms with Gasteiger partial charge >= 0.3 is 0 Å². The van der Waals surface area contributed by atoms with Crippen LogP contribution in [0.4, 0.5) is 0 Å². The number of hydrogen-bond acceptors (Lipinski definition) is 1. The molecule has 0 bridgehead atoms. The summed E-state index contributed by atoms with van der Waals surface area (Å²) in [7, 11) is 0. The lowest BCUT2D eigenvalue weighted by atomic mass is 10.0. The van der Waals surface area contributed by atoms with Crippen molar-refractivity contribution >= 4 is 27.7 Å². The Hall–Kier alpha value is -3.07. The molecular formula is C23H21N2O. The van der Waals surface area contributed by atoms with Crippen LogP contribution in [0.1, 0.15) is 32.6 Å². The highest BCUT2D eigenvalue weighted by Crippen LogP contribution is 2.33. The SMILES string of the molecule is Cc1c[c]c2c3c(C(N)=O)cccc3n(Cc3cccc(C)c3C)c2c1. The van der Waals surface area contributed by atoms with Crippen LogP contribution in [-0.2, 0) is 6.54 Å².